The quantitative estimate of drug-likeness (QED) is 0.529. The molecule has 0 atom stereocenters. The van der Waals surface area contributed by atoms with E-state index in [0.717, 1.165) is 10.8 Å². The van der Waals surface area contributed by atoms with Gasteiger partial charge in [-0.2, -0.15) is 0 Å². The van der Waals surface area contributed by atoms with E-state index >= 15 is 0 Å². The smallest absolute Gasteiger partial charge is 0.288 e. The first kappa shape index (κ1) is 8.74. The Morgan fingerprint density at radius 3 is 3.00 bits per heavy atom. The molecule has 0 saturated carbocycles. The lowest BCUT2D eigenvalue weighted by atomic mass is 10.2. The first-order valence-electron chi connectivity index (χ1n) is 4.43. The molecule has 72 valence electrons. The minimum Gasteiger partial charge on any atom is -0.594 e. The van der Waals surface area contributed by atoms with Gasteiger partial charge in [-0.15, -0.1) is 0 Å². The second kappa shape index (κ2) is 3.49. The van der Waals surface area contributed by atoms with E-state index in [1.54, 1.807) is 0 Å². The van der Waals surface area contributed by atoms with Gasteiger partial charge in [0.1, 0.15) is 0 Å². The van der Waals surface area contributed by atoms with Crippen molar-refractivity contribution in [2.45, 2.75) is 6.92 Å². The molecule has 4 nitrogen and oxygen atoms in total. The molecule has 0 radical (unpaired) electrons. The van der Waals surface area contributed by atoms with Crippen LogP contribution in [-0.4, -0.2) is 11.7 Å². The van der Waals surface area contributed by atoms with Gasteiger partial charge in [0.05, 0.1) is 22.5 Å². The van der Waals surface area contributed by atoms with Crippen molar-refractivity contribution in [3.8, 4) is 5.88 Å². The Hall–Kier alpha value is -1.84. The van der Waals surface area contributed by atoms with Crippen molar-refractivity contribution in [3.63, 3.8) is 0 Å². The molecule has 2 rings (SSSR count). The van der Waals surface area contributed by atoms with Gasteiger partial charge >= 0.3 is 0 Å². The molecule has 0 aliphatic heterocycles. The van der Waals surface area contributed by atoms with Crippen LogP contribution < -0.4 is 9.58 Å². The summed E-state index contributed by atoms with van der Waals surface area (Å²) < 4.78 is 5.27. The van der Waals surface area contributed by atoms with Gasteiger partial charge in [-0.25, -0.2) is 0 Å². The molecule has 1 aromatic heterocycles. The monoisotopic (exact) mass is 190 g/mol. The van der Waals surface area contributed by atoms with E-state index in [4.69, 9.17) is 4.74 Å². The predicted molar refractivity (Wildman–Crippen MR) is 51.9 cm³/mol. The molecule has 1 heterocycles. The topological polar surface area (TPSA) is 49.1 Å². The Labute approximate surface area is 81.3 Å². The Balaban J connectivity index is 2.67. The Bertz CT molecular complexity index is 457. The number of hydrogen-bond acceptors (Lipinski definition) is 3. The van der Waals surface area contributed by atoms with Crippen molar-refractivity contribution in [2.24, 2.45) is 0 Å². The molecule has 0 bridgehead atoms. The molecule has 0 unspecified atom stereocenters. The lowest BCUT2D eigenvalue weighted by molar-refractivity contribution is -0.668. The summed E-state index contributed by atoms with van der Waals surface area (Å²) in [5.74, 6) is 0.389. The summed E-state index contributed by atoms with van der Waals surface area (Å²) in [6, 6.07) is 7.50. The van der Waals surface area contributed by atoms with Gasteiger partial charge in [0.15, 0.2) is 0 Å². The number of benzene rings is 1. The van der Waals surface area contributed by atoms with E-state index in [2.05, 4.69) is 5.10 Å². The zero-order valence-corrected chi connectivity index (χ0v) is 7.80. The average molecular weight is 190 g/mol. The van der Waals surface area contributed by atoms with Gasteiger partial charge in [-0.3, -0.25) is 0 Å². The van der Waals surface area contributed by atoms with Crippen LogP contribution in [-0.2, 0) is 0 Å². The summed E-state index contributed by atoms with van der Waals surface area (Å²) in [4.78, 5) is 0.521. The summed E-state index contributed by atoms with van der Waals surface area (Å²) >= 11 is 0. The number of aromatic nitrogens is 2. The molecule has 0 amide bonds. The van der Waals surface area contributed by atoms with Crippen molar-refractivity contribution in [1.82, 2.24) is 5.10 Å². The fraction of sp³-hybridized carbons (Fsp3) is 0.200. The average Bonchev–Trinajstić information content (AvgIpc) is 2.18. The number of nitrogens with zero attached hydrogens (tertiary/aromatic N) is 2. The standard InChI is InChI=1S/C10H10N2O2/c1-2-14-10-9-6-4-3-5-8(9)7-12(13)11-10/h3-7H,2H2,1H3. The second-order valence-corrected chi connectivity index (χ2v) is 2.86. The normalized spacial score (nSPS) is 10.4. The van der Waals surface area contributed by atoms with Crippen molar-refractivity contribution >= 4 is 10.8 Å². The second-order valence-electron chi connectivity index (χ2n) is 2.86. The SMILES string of the molecule is CCOc1n[n+]([O-])cc2ccccc12. The van der Waals surface area contributed by atoms with Crippen LogP contribution in [0.25, 0.3) is 10.8 Å². The molecule has 0 fully saturated rings. The molecule has 2 aromatic rings. The largest absolute Gasteiger partial charge is 0.594 e. The van der Waals surface area contributed by atoms with Crippen molar-refractivity contribution in [1.29, 1.82) is 0 Å². The maximum absolute atomic E-state index is 11.1. The van der Waals surface area contributed by atoms with Gasteiger partial charge < -0.3 is 9.94 Å². The van der Waals surface area contributed by atoms with Crippen LogP contribution in [0.2, 0.25) is 0 Å². The minimum atomic E-state index is 0.389. The van der Waals surface area contributed by atoms with Crippen LogP contribution in [0.1, 0.15) is 6.92 Å². The maximum atomic E-state index is 11.1. The third-order valence-corrected chi connectivity index (χ3v) is 1.91. The lowest BCUT2D eigenvalue weighted by Gasteiger charge is -2.04. The van der Waals surface area contributed by atoms with Gasteiger partial charge in [0.25, 0.3) is 5.88 Å². The predicted octanol–water partition coefficient (Wildman–Crippen LogP) is 1.27. The molecule has 0 saturated heterocycles. The summed E-state index contributed by atoms with van der Waals surface area (Å²) in [6.45, 7) is 2.36. The lowest BCUT2D eigenvalue weighted by Crippen LogP contribution is -2.30. The summed E-state index contributed by atoms with van der Waals surface area (Å²) in [5, 5.41) is 16.5. The zero-order chi connectivity index (χ0) is 9.97. The Kier molecular flexibility index (Phi) is 2.18. The van der Waals surface area contributed by atoms with Crippen LogP contribution in [0.5, 0.6) is 5.88 Å². The third kappa shape index (κ3) is 1.46. The first-order chi connectivity index (χ1) is 6.81. The highest BCUT2D eigenvalue weighted by Crippen LogP contribution is 2.20. The zero-order valence-electron chi connectivity index (χ0n) is 7.80. The molecular formula is C10H10N2O2. The van der Waals surface area contributed by atoms with Crippen LogP contribution in [0.3, 0.4) is 0 Å². The molecular weight excluding hydrogens is 180 g/mol. The summed E-state index contributed by atoms with van der Waals surface area (Å²) in [6.07, 6.45) is 1.43. The van der Waals surface area contributed by atoms with Gasteiger partial charge in [0.2, 0.25) is 6.20 Å². The van der Waals surface area contributed by atoms with E-state index in [0.29, 0.717) is 17.3 Å². The molecule has 0 N–H and O–H groups in total. The number of ether oxygens (including phenoxy) is 1. The highest BCUT2D eigenvalue weighted by Gasteiger charge is 2.08. The Morgan fingerprint density at radius 2 is 2.21 bits per heavy atom. The number of rotatable bonds is 2. The van der Waals surface area contributed by atoms with E-state index in [-0.39, 0.29) is 0 Å². The molecule has 0 aliphatic carbocycles. The highest BCUT2D eigenvalue weighted by molar-refractivity contribution is 5.85. The third-order valence-electron chi connectivity index (χ3n) is 1.91. The van der Waals surface area contributed by atoms with E-state index in [9.17, 15) is 5.21 Å². The van der Waals surface area contributed by atoms with Crippen molar-refractivity contribution in [3.05, 3.63) is 35.7 Å². The maximum Gasteiger partial charge on any atom is 0.288 e. The van der Waals surface area contributed by atoms with Crippen LogP contribution in [0, 0.1) is 5.21 Å². The minimum absolute atomic E-state index is 0.389. The van der Waals surface area contributed by atoms with Gasteiger partial charge in [-0.1, -0.05) is 17.0 Å². The molecule has 4 heteroatoms. The fourth-order valence-electron chi connectivity index (χ4n) is 1.34. The molecule has 0 aliphatic rings. The van der Waals surface area contributed by atoms with E-state index in [1.165, 1.54) is 6.20 Å². The van der Waals surface area contributed by atoms with Crippen LogP contribution in [0.15, 0.2) is 30.5 Å². The highest BCUT2D eigenvalue weighted by atomic mass is 16.5. The number of hydrogen-bond donors (Lipinski definition) is 0. The molecule has 14 heavy (non-hydrogen) atoms. The van der Waals surface area contributed by atoms with Crippen LogP contribution >= 0.6 is 0 Å². The molecule has 0 spiro atoms. The van der Waals surface area contributed by atoms with Crippen molar-refractivity contribution in [2.75, 3.05) is 6.61 Å². The van der Waals surface area contributed by atoms with Crippen molar-refractivity contribution < 1.29 is 9.58 Å². The summed E-state index contributed by atoms with van der Waals surface area (Å²) in [7, 11) is 0. The fourth-order valence-corrected chi connectivity index (χ4v) is 1.34. The Morgan fingerprint density at radius 1 is 1.43 bits per heavy atom. The molecule has 1 aromatic carbocycles. The van der Waals surface area contributed by atoms with Crippen LogP contribution in [0.4, 0.5) is 0 Å². The van der Waals surface area contributed by atoms with Gasteiger partial charge in [0, 0.05) is 0 Å². The van der Waals surface area contributed by atoms with Gasteiger partial charge in [-0.05, 0) is 19.1 Å². The number of fused-ring (bicyclic) bond motifs is 1. The van der Waals surface area contributed by atoms with E-state index in [1.807, 2.05) is 31.2 Å². The van der Waals surface area contributed by atoms with E-state index < -0.39 is 0 Å². The summed E-state index contributed by atoms with van der Waals surface area (Å²) in [5.41, 5.74) is 0. The first-order valence-corrected chi connectivity index (χ1v) is 4.43.